The zero-order valence-electron chi connectivity index (χ0n) is 12.3. The summed E-state index contributed by atoms with van der Waals surface area (Å²) in [5.41, 5.74) is 3.69. The molecule has 0 atom stereocenters. The molecule has 4 heteroatoms. The number of ether oxygens (including phenoxy) is 1. The monoisotopic (exact) mass is 286 g/mol. The molecular weight excluding hydrogens is 264 g/mol. The number of furan rings is 1. The van der Waals surface area contributed by atoms with E-state index in [0.717, 1.165) is 57.1 Å². The second-order valence-corrected chi connectivity index (χ2v) is 5.39. The Morgan fingerprint density at radius 2 is 1.81 bits per heavy atom. The van der Waals surface area contributed by atoms with Crippen LogP contribution in [0.15, 0.2) is 47.3 Å². The Bertz CT molecular complexity index is 516. The fourth-order valence-corrected chi connectivity index (χ4v) is 2.50. The molecule has 1 aromatic heterocycles. The summed E-state index contributed by atoms with van der Waals surface area (Å²) in [6, 6.07) is 10.7. The van der Waals surface area contributed by atoms with Crippen LogP contribution in [-0.4, -0.2) is 37.7 Å². The van der Waals surface area contributed by atoms with Gasteiger partial charge in [0.05, 0.1) is 25.7 Å². The second kappa shape index (κ2) is 7.29. The first-order valence-corrected chi connectivity index (χ1v) is 7.54. The van der Waals surface area contributed by atoms with Crippen molar-refractivity contribution in [1.82, 2.24) is 4.90 Å². The summed E-state index contributed by atoms with van der Waals surface area (Å²) >= 11 is 0. The van der Waals surface area contributed by atoms with Crippen LogP contribution in [0.25, 0.3) is 0 Å². The first-order chi connectivity index (χ1) is 10.4. The minimum Gasteiger partial charge on any atom is -0.472 e. The lowest BCUT2D eigenvalue weighted by atomic mass is 10.1. The van der Waals surface area contributed by atoms with Crippen LogP contribution in [0.3, 0.4) is 0 Å². The quantitative estimate of drug-likeness (QED) is 0.886. The van der Waals surface area contributed by atoms with Crippen LogP contribution in [0.4, 0.5) is 5.69 Å². The van der Waals surface area contributed by atoms with Crippen molar-refractivity contribution in [2.45, 2.75) is 13.0 Å². The van der Waals surface area contributed by atoms with Gasteiger partial charge >= 0.3 is 0 Å². The predicted octanol–water partition coefficient (Wildman–Crippen LogP) is 2.77. The largest absolute Gasteiger partial charge is 0.472 e. The minimum absolute atomic E-state index is 0.795. The van der Waals surface area contributed by atoms with Crippen LogP contribution in [-0.2, 0) is 17.7 Å². The highest BCUT2D eigenvalue weighted by molar-refractivity contribution is 5.45. The molecule has 0 aliphatic carbocycles. The van der Waals surface area contributed by atoms with E-state index in [-0.39, 0.29) is 0 Å². The number of morpholine rings is 1. The van der Waals surface area contributed by atoms with Gasteiger partial charge in [0.25, 0.3) is 0 Å². The van der Waals surface area contributed by atoms with Gasteiger partial charge in [0.15, 0.2) is 0 Å². The Morgan fingerprint density at radius 1 is 1.00 bits per heavy atom. The molecule has 21 heavy (non-hydrogen) atoms. The van der Waals surface area contributed by atoms with Crippen LogP contribution in [0.2, 0.25) is 0 Å². The number of nitrogens with one attached hydrogen (secondary N) is 1. The van der Waals surface area contributed by atoms with E-state index >= 15 is 0 Å². The highest BCUT2D eigenvalue weighted by atomic mass is 16.5. The summed E-state index contributed by atoms with van der Waals surface area (Å²) < 4.78 is 10.4. The van der Waals surface area contributed by atoms with Gasteiger partial charge in [0, 0.05) is 37.4 Å². The fraction of sp³-hybridized carbons (Fsp3) is 0.412. The molecular formula is C17H22N2O2. The van der Waals surface area contributed by atoms with E-state index in [9.17, 15) is 0 Å². The molecule has 1 N–H and O–H groups in total. The molecule has 0 unspecified atom stereocenters. The Morgan fingerprint density at radius 3 is 2.52 bits per heavy atom. The molecule has 1 fully saturated rings. The molecule has 0 spiro atoms. The van der Waals surface area contributed by atoms with Crippen molar-refractivity contribution in [3.8, 4) is 0 Å². The molecule has 0 saturated carbocycles. The van der Waals surface area contributed by atoms with Crippen LogP contribution in [0.5, 0.6) is 0 Å². The van der Waals surface area contributed by atoms with Crippen molar-refractivity contribution in [3.05, 3.63) is 54.0 Å². The van der Waals surface area contributed by atoms with Gasteiger partial charge in [-0.2, -0.15) is 0 Å². The van der Waals surface area contributed by atoms with Crippen LogP contribution in [0.1, 0.15) is 11.1 Å². The molecule has 2 heterocycles. The molecule has 1 aliphatic heterocycles. The highest BCUT2D eigenvalue weighted by Gasteiger charge is 2.09. The van der Waals surface area contributed by atoms with Crippen molar-refractivity contribution in [2.75, 3.05) is 38.2 Å². The van der Waals surface area contributed by atoms with Crippen molar-refractivity contribution >= 4 is 5.69 Å². The Labute approximate surface area is 125 Å². The first-order valence-electron chi connectivity index (χ1n) is 7.54. The Kier molecular flexibility index (Phi) is 4.92. The maximum Gasteiger partial charge on any atom is 0.0952 e. The molecule has 0 radical (unpaired) electrons. The number of nitrogens with zero attached hydrogens (tertiary/aromatic N) is 1. The third-order valence-corrected chi connectivity index (χ3v) is 3.85. The Balaban J connectivity index is 1.44. The third-order valence-electron chi connectivity index (χ3n) is 3.85. The number of anilines is 1. The predicted molar refractivity (Wildman–Crippen MR) is 83.4 cm³/mol. The molecule has 0 bridgehead atoms. The summed E-state index contributed by atoms with van der Waals surface area (Å²) in [6.07, 6.45) is 4.57. The van der Waals surface area contributed by atoms with Crippen LogP contribution < -0.4 is 5.32 Å². The molecule has 1 aliphatic rings. The minimum atomic E-state index is 0.795. The van der Waals surface area contributed by atoms with E-state index in [4.69, 9.17) is 9.15 Å². The number of hydrogen-bond acceptors (Lipinski definition) is 4. The lowest BCUT2D eigenvalue weighted by Gasteiger charge is -2.26. The van der Waals surface area contributed by atoms with Gasteiger partial charge in [-0.15, -0.1) is 0 Å². The van der Waals surface area contributed by atoms with E-state index in [1.807, 2.05) is 6.07 Å². The summed E-state index contributed by atoms with van der Waals surface area (Å²) in [5.74, 6) is 0. The molecule has 112 valence electrons. The molecule has 4 nitrogen and oxygen atoms in total. The number of hydrogen-bond donors (Lipinski definition) is 1. The van der Waals surface area contributed by atoms with Gasteiger partial charge in [-0.3, -0.25) is 4.90 Å². The summed E-state index contributed by atoms with van der Waals surface area (Å²) in [6.45, 7) is 5.77. The standard InChI is InChI=1S/C17H22N2O2/c1-3-17(18-13-16-6-10-21-14-16)4-2-15(1)5-7-19-8-11-20-12-9-19/h1-4,6,10,14,18H,5,7-9,11-13H2. The van der Waals surface area contributed by atoms with Gasteiger partial charge in [0.1, 0.15) is 0 Å². The number of benzene rings is 1. The van der Waals surface area contributed by atoms with Crippen LogP contribution >= 0.6 is 0 Å². The van der Waals surface area contributed by atoms with Crippen molar-refractivity contribution in [2.24, 2.45) is 0 Å². The average Bonchev–Trinajstić information content (AvgIpc) is 3.06. The van der Waals surface area contributed by atoms with Crippen LogP contribution in [0, 0.1) is 0 Å². The topological polar surface area (TPSA) is 37.6 Å². The van der Waals surface area contributed by atoms with Gasteiger partial charge in [0.2, 0.25) is 0 Å². The van der Waals surface area contributed by atoms with Crippen molar-refractivity contribution in [1.29, 1.82) is 0 Å². The molecule has 3 rings (SSSR count). The van der Waals surface area contributed by atoms with E-state index in [1.54, 1.807) is 12.5 Å². The zero-order chi connectivity index (χ0) is 14.3. The molecule has 1 saturated heterocycles. The SMILES string of the molecule is c1cc(CNc2ccc(CCN3CCOCC3)cc2)co1. The summed E-state index contributed by atoms with van der Waals surface area (Å²) in [4.78, 5) is 2.47. The maximum atomic E-state index is 5.37. The van der Waals surface area contributed by atoms with Crippen molar-refractivity contribution < 1.29 is 9.15 Å². The lowest BCUT2D eigenvalue weighted by Crippen LogP contribution is -2.37. The van der Waals surface area contributed by atoms with E-state index in [2.05, 4.69) is 34.5 Å². The zero-order valence-corrected chi connectivity index (χ0v) is 12.3. The van der Waals surface area contributed by atoms with Gasteiger partial charge < -0.3 is 14.5 Å². The van der Waals surface area contributed by atoms with E-state index in [0.29, 0.717) is 0 Å². The summed E-state index contributed by atoms with van der Waals surface area (Å²) in [7, 11) is 0. The normalized spacial score (nSPS) is 16.0. The van der Waals surface area contributed by atoms with Gasteiger partial charge in [-0.25, -0.2) is 0 Å². The van der Waals surface area contributed by atoms with Gasteiger partial charge in [-0.1, -0.05) is 12.1 Å². The Hall–Kier alpha value is -1.78. The highest BCUT2D eigenvalue weighted by Crippen LogP contribution is 2.12. The first kappa shape index (κ1) is 14.2. The molecule has 2 aromatic rings. The molecule has 1 aromatic carbocycles. The van der Waals surface area contributed by atoms with E-state index in [1.165, 1.54) is 5.56 Å². The van der Waals surface area contributed by atoms with E-state index < -0.39 is 0 Å². The van der Waals surface area contributed by atoms with Gasteiger partial charge in [-0.05, 0) is 30.2 Å². The maximum absolute atomic E-state index is 5.37. The fourth-order valence-electron chi connectivity index (χ4n) is 2.50. The smallest absolute Gasteiger partial charge is 0.0952 e. The second-order valence-electron chi connectivity index (χ2n) is 5.39. The average molecular weight is 286 g/mol. The van der Waals surface area contributed by atoms with Crippen molar-refractivity contribution in [3.63, 3.8) is 0 Å². The lowest BCUT2D eigenvalue weighted by molar-refractivity contribution is 0.0384. The third kappa shape index (κ3) is 4.34. The molecule has 0 amide bonds. The summed E-state index contributed by atoms with van der Waals surface area (Å²) in [5, 5.41) is 3.39. The number of rotatable bonds is 6.